The Bertz CT molecular complexity index is 844. The summed E-state index contributed by atoms with van der Waals surface area (Å²) in [6.45, 7) is 5.38. The molecular weight excluding hydrogens is 665 g/mol. The van der Waals surface area contributed by atoms with Gasteiger partial charge in [0.05, 0.1) is 0 Å². The van der Waals surface area contributed by atoms with Gasteiger partial charge in [-0.1, -0.05) is 168 Å². The van der Waals surface area contributed by atoms with Crippen molar-refractivity contribution in [2.24, 2.45) is 11.5 Å². The fourth-order valence-electron chi connectivity index (χ4n) is 7.19. The highest BCUT2D eigenvalue weighted by molar-refractivity contribution is 6.01. The summed E-state index contributed by atoms with van der Waals surface area (Å²) in [6.07, 6.45) is 34.5. The van der Waals surface area contributed by atoms with Gasteiger partial charge in [0, 0.05) is 12.8 Å². The molecule has 0 saturated carbocycles. The first-order valence-corrected chi connectivity index (χ1v) is 22.6. The topological polar surface area (TPSA) is 156 Å². The van der Waals surface area contributed by atoms with E-state index in [9.17, 15) is 24.3 Å². The Labute approximate surface area is 326 Å². The minimum absolute atomic E-state index is 0.210. The third-order valence-electron chi connectivity index (χ3n) is 10.6. The standard InChI is InChI=1S/C44H86N4O5/c1-3-5-7-9-11-13-15-17-19-21-23-25-27-35-41(49)48(42(50)36-28-26-24-22-20-18-16-14-12-10-8-6-4-2)40(34-30-32-38-46)43(51)47-39(44(52)53)33-29-31-37-45/h39-40H,3-38,45-46H2,1-2H3,(H,47,51)(H,52,53). The summed E-state index contributed by atoms with van der Waals surface area (Å²) < 4.78 is 0. The van der Waals surface area contributed by atoms with Crippen LogP contribution in [0.2, 0.25) is 0 Å². The second-order valence-corrected chi connectivity index (χ2v) is 15.6. The van der Waals surface area contributed by atoms with Crippen molar-refractivity contribution in [3.05, 3.63) is 0 Å². The molecule has 9 heteroatoms. The molecule has 0 aromatic carbocycles. The normalized spacial score (nSPS) is 12.5. The molecule has 0 radical (unpaired) electrons. The number of nitrogens with two attached hydrogens (primary N) is 2. The zero-order valence-corrected chi connectivity index (χ0v) is 34.8. The van der Waals surface area contributed by atoms with E-state index in [-0.39, 0.29) is 37.5 Å². The van der Waals surface area contributed by atoms with Gasteiger partial charge in [-0.3, -0.25) is 19.3 Å². The maximum Gasteiger partial charge on any atom is 0.326 e. The van der Waals surface area contributed by atoms with Crippen LogP contribution in [-0.2, 0) is 19.2 Å². The van der Waals surface area contributed by atoms with Crippen molar-refractivity contribution in [2.45, 2.75) is 244 Å². The molecule has 0 aliphatic heterocycles. The second-order valence-electron chi connectivity index (χ2n) is 15.6. The molecule has 2 unspecified atom stereocenters. The van der Waals surface area contributed by atoms with Gasteiger partial charge in [-0.2, -0.15) is 0 Å². The highest BCUT2D eigenvalue weighted by atomic mass is 16.4. The number of carboxylic acids is 1. The Balaban J connectivity index is 5.18. The minimum Gasteiger partial charge on any atom is -0.480 e. The number of carboxylic acid groups (broad SMARTS) is 1. The summed E-state index contributed by atoms with van der Waals surface area (Å²) in [4.78, 5) is 54.6. The Morgan fingerprint density at radius 1 is 0.472 bits per heavy atom. The van der Waals surface area contributed by atoms with E-state index in [0.717, 1.165) is 38.5 Å². The number of amides is 3. The Morgan fingerprint density at radius 3 is 1.11 bits per heavy atom. The zero-order valence-electron chi connectivity index (χ0n) is 34.8. The van der Waals surface area contributed by atoms with Crippen LogP contribution < -0.4 is 16.8 Å². The van der Waals surface area contributed by atoms with Gasteiger partial charge in [-0.15, -0.1) is 0 Å². The lowest BCUT2D eigenvalue weighted by atomic mass is 10.0. The third-order valence-corrected chi connectivity index (χ3v) is 10.6. The van der Waals surface area contributed by atoms with E-state index in [1.165, 1.54) is 120 Å². The molecule has 0 fully saturated rings. The van der Waals surface area contributed by atoms with E-state index in [2.05, 4.69) is 19.2 Å². The minimum atomic E-state index is -1.13. The number of nitrogens with zero attached hydrogens (tertiary/aromatic N) is 1. The molecule has 2 atom stereocenters. The number of carbonyl (C=O) groups is 4. The summed E-state index contributed by atoms with van der Waals surface area (Å²) in [5, 5.41) is 12.5. The van der Waals surface area contributed by atoms with E-state index in [1.807, 2.05) is 0 Å². The summed E-state index contributed by atoms with van der Waals surface area (Å²) in [5.41, 5.74) is 11.4. The first kappa shape index (κ1) is 51.0. The molecule has 0 bridgehead atoms. The first-order chi connectivity index (χ1) is 25.8. The van der Waals surface area contributed by atoms with Gasteiger partial charge in [0.15, 0.2) is 0 Å². The Morgan fingerprint density at radius 2 is 0.792 bits per heavy atom. The van der Waals surface area contributed by atoms with Gasteiger partial charge in [0.1, 0.15) is 12.1 Å². The molecule has 6 N–H and O–H groups in total. The molecule has 0 aliphatic carbocycles. The number of carbonyl (C=O) groups excluding carboxylic acids is 3. The van der Waals surface area contributed by atoms with Gasteiger partial charge in [-0.05, 0) is 64.5 Å². The second kappa shape index (κ2) is 38.3. The SMILES string of the molecule is CCCCCCCCCCCCCCCC(=O)N(C(=O)CCCCCCCCCCCCCCC)C(CCCCN)C(=O)NC(CCCCN)C(=O)O. The molecular formula is C44H86N4O5. The van der Waals surface area contributed by atoms with Crippen molar-refractivity contribution in [3.8, 4) is 0 Å². The average molecular weight is 751 g/mol. The summed E-state index contributed by atoms with van der Waals surface area (Å²) in [7, 11) is 0. The number of hydrogen-bond donors (Lipinski definition) is 4. The third kappa shape index (κ3) is 30.0. The van der Waals surface area contributed by atoms with E-state index in [0.29, 0.717) is 51.6 Å². The molecule has 3 amide bonds. The lowest BCUT2D eigenvalue weighted by molar-refractivity contribution is -0.153. The lowest BCUT2D eigenvalue weighted by Crippen LogP contribution is -2.55. The molecule has 0 aromatic rings. The number of unbranched alkanes of at least 4 members (excludes halogenated alkanes) is 26. The molecule has 0 rings (SSSR count). The smallest absolute Gasteiger partial charge is 0.326 e. The summed E-state index contributed by atoms with van der Waals surface area (Å²) in [5.74, 6) is -2.34. The van der Waals surface area contributed by atoms with Gasteiger partial charge >= 0.3 is 5.97 Å². The van der Waals surface area contributed by atoms with E-state index < -0.39 is 24.0 Å². The first-order valence-electron chi connectivity index (χ1n) is 22.6. The molecule has 312 valence electrons. The molecule has 0 heterocycles. The van der Waals surface area contributed by atoms with Crippen LogP contribution in [0.3, 0.4) is 0 Å². The van der Waals surface area contributed by atoms with Gasteiger partial charge < -0.3 is 21.9 Å². The Hall–Kier alpha value is -2.00. The predicted octanol–water partition coefficient (Wildman–Crippen LogP) is 10.5. The van der Waals surface area contributed by atoms with Crippen LogP contribution in [0.25, 0.3) is 0 Å². The molecule has 9 nitrogen and oxygen atoms in total. The van der Waals surface area contributed by atoms with Gasteiger partial charge in [0.2, 0.25) is 17.7 Å². The number of imide groups is 1. The van der Waals surface area contributed by atoms with Crippen LogP contribution in [-0.4, -0.2) is 58.9 Å². The fourth-order valence-corrected chi connectivity index (χ4v) is 7.19. The highest BCUT2D eigenvalue weighted by Crippen LogP contribution is 2.19. The maximum atomic E-state index is 13.8. The largest absolute Gasteiger partial charge is 0.480 e. The quantitative estimate of drug-likeness (QED) is 0.0454. The van der Waals surface area contributed by atoms with Crippen molar-refractivity contribution in [1.82, 2.24) is 10.2 Å². The maximum absolute atomic E-state index is 13.8. The summed E-state index contributed by atoms with van der Waals surface area (Å²) >= 11 is 0. The van der Waals surface area contributed by atoms with Crippen molar-refractivity contribution in [1.29, 1.82) is 0 Å². The van der Waals surface area contributed by atoms with Gasteiger partial charge in [0.25, 0.3) is 0 Å². The van der Waals surface area contributed by atoms with Crippen molar-refractivity contribution < 1.29 is 24.3 Å². The monoisotopic (exact) mass is 751 g/mol. The van der Waals surface area contributed by atoms with E-state index in [4.69, 9.17) is 11.5 Å². The Kier molecular flexibility index (Phi) is 36.8. The van der Waals surface area contributed by atoms with Crippen molar-refractivity contribution >= 4 is 23.7 Å². The van der Waals surface area contributed by atoms with Crippen molar-refractivity contribution in [2.75, 3.05) is 13.1 Å². The average Bonchev–Trinajstić information content (AvgIpc) is 3.14. The number of hydrogen-bond acceptors (Lipinski definition) is 6. The highest BCUT2D eigenvalue weighted by Gasteiger charge is 2.35. The lowest BCUT2D eigenvalue weighted by Gasteiger charge is -2.31. The van der Waals surface area contributed by atoms with Crippen LogP contribution in [0.5, 0.6) is 0 Å². The molecule has 0 spiro atoms. The van der Waals surface area contributed by atoms with Crippen molar-refractivity contribution in [3.63, 3.8) is 0 Å². The van der Waals surface area contributed by atoms with Crippen LogP contribution in [0.4, 0.5) is 0 Å². The number of aliphatic carboxylic acids is 1. The van der Waals surface area contributed by atoms with Crippen LogP contribution in [0.1, 0.15) is 232 Å². The molecule has 53 heavy (non-hydrogen) atoms. The predicted molar refractivity (Wildman–Crippen MR) is 222 cm³/mol. The number of rotatable bonds is 40. The fraction of sp³-hybridized carbons (Fsp3) is 0.909. The summed E-state index contributed by atoms with van der Waals surface area (Å²) in [6, 6.07) is -2.14. The van der Waals surface area contributed by atoms with Crippen LogP contribution in [0, 0.1) is 0 Å². The molecule has 0 aromatic heterocycles. The zero-order chi connectivity index (χ0) is 39.2. The van der Waals surface area contributed by atoms with Crippen LogP contribution >= 0.6 is 0 Å². The number of nitrogens with one attached hydrogen (secondary N) is 1. The van der Waals surface area contributed by atoms with E-state index >= 15 is 0 Å². The molecule has 0 aliphatic rings. The van der Waals surface area contributed by atoms with E-state index in [1.54, 1.807) is 0 Å². The van der Waals surface area contributed by atoms with Crippen LogP contribution in [0.15, 0.2) is 0 Å². The van der Waals surface area contributed by atoms with Gasteiger partial charge in [-0.25, -0.2) is 4.79 Å². The molecule has 0 saturated heterocycles.